The molecule has 0 saturated heterocycles. The minimum Gasteiger partial charge on any atom is -0.315 e. The lowest BCUT2D eigenvalue weighted by Crippen LogP contribution is -2.08. The molecule has 3 fully saturated rings. The van der Waals surface area contributed by atoms with E-state index in [1.807, 2.05) is 0 Å². The van der Waals surface area contributed by atoms with E-state index in [9.17, 15) is 0 Å². The van der Waals surface area contributed by atoms with Gasteiger partial charge in [-0.3, -0.25) is 0 Å². The van der Waals surface area contributed by atoms with E-state index in [1.54, 1.807) is 18.5 Å². The first-order chi connectivity index (χ1) is 26.8. The van der Waals surface area contributed by atoms with Gasteiger partial charge < -0.3 is 14.5 Å². The topological polar surface area (TPSA) is 142 Å². The van der Waals surface area contributed by atoms with E-state index in [-0.39, 0.29) is 18.0 Å². The van der Waals surface area contributed by atoms with Crippen LogP contribution in [0.3, 0.4) is 0 Å². The lowest BCUT2D eigenvalue weighted by atomic mass is 10.00. The number of nitrogens with zero attached hydrogens (tertiary/aromatic N) is 9. The monoisotopic (exact) mass is 748 g/mol. The highest BCUT2D eigenvalue weighted by Crippen LogP contribution is 2.21. The molecule has 0 aliphatic heterocycles. The van der Waals surface area contributed by atoms with Crippen LogP contribution in [-0.2, 0) is 0 Å². The molecule has 3 aliphatic carbocycles. The van der Waals surface area contributed by atoms with Crippen molar-refractivity contribution >= 4 is 17.1 Å². The van der Waals surface area contributed by atoms with Crippen molar-refractivity contribution < 1.29 is 14.5 Å². The van der Waals surface area contributed by atoms with Crippen molar-refractivity contribution in [2.75, 3.05) is 0 Å². The fourth-order valence-electron chi connectivity index (χ4n) is 7.30. The van der Waals surface area contributed by atoms with Gasteiger partial charge in [-0.25, -0.2) is 0 Å². The van der Waals surface area contributed by atoms with Crippen molar-refractivity contribution in [2.45, 2.75) is 212 Å². The molecule has 3 saturated carbocycles. The van der Waals surface area contributed by atoms with Crippen molar-refractivity contribution in [1.29, 1.82) is 0 Å². The molecular formula is C42H69N9O3. The molecule has 0 N–H and O–H groups in total. The van der Waals surface area contributed by atoms with Gasteiger partial charge >= 0.3 is 18.0 Å². The van der Waals surface area contributed by atoms with Crippen LogP contribution in [0.4, 0.5) is 0 Å². The summed E-state index contributed by atoms with van der Waals surface area (Å²) in [6, 6.07) is 1.90. The van der Waals surface area contributed by atoms with Gasteiger partial charge in [0.15, 0.2) is 0 Å². The molecule has 5 rings (SSSR count). The Hall–Kier alpha value is -3.57. The van der Waals surface area contributed by atoms with E-state index in [0.717, 1.165) is 94.2 Å². The maximum atomic E-state index is 5.89. The first-order valence-electron chi connectivity index (χ1n) is 21.9. The molecule has 2 aromatic rings. The van der Waals surface area contributed by atoms with Crippen LogP contribution < -0.4 is 14.5 Å². The average molecular weight is 748 g/mol. The largest absolute Gasteiger partial charge is 0.355 e. The summed E-state index contributed by atoms with van der Waals surface area (Å²) in [5, 5.41) is 23.8. The Labute approximate surface area is 325 Å². The number of aromatic nitrogens is 6. The molecule has 0 aromatic carbocycles. The summed E-state index contributed by atoms with van der Waals surface area (Å²) in [6.07, 6.45) is 43.0. The smallest absolute Gasteiger partial charge is 0.315 e. The molecule has 12 heteroatoms. The molecular weight excluding hydrogens is 679 g/mol. The Morgan fingerprint density at radius 3 is 0.722 bits per heavy atom. The Morgan fingerprint density at radius 2 is 0.537 bits per heavy atom. The van der Waals surface area contributed by atoms with Crippen molar-refractivity contribution in [3.05, 3.63) is 18.5 Å². The Balaban J connectivity index is 0.000000983. The zero-order chi connectivity index (χ0) is 37.4. The van der Waals surface area contributed by atoms with Gasteiger partial charge in [-0.1, -0.05) is 150 Å². The molecule has 0 bridgehead atoms. The lowest BCUT2D eigenvalue weighted by Gasteiger charge is -2.10. The normalized spacial score (nSPS) is 19.9. The van der Waals surface area contributed by atoms with E-state index < -0.39 is 0 Å². The van der Waals surface area contributed by atoms with Gasteiger partial charge in [-0.2, -0.15) is 0 Å². The van der Waals surface area contributed by atoms with Crippen molar-refractivity contribution in [3.63, 3.8) is 0 Å². The van der Waals surface area contributed by atoms with Gasteiger partial charge in [-0.15, -0.1) is 25.1 Å². The SMILES string of the molecule is C1CCCCCC(=NOc2nc(ON=C3CCCCCCCCCCC3)nc(ON=C3CCCCCCCCCCC3)n2)CCCCC1.c1cnnnc1. The third kappa shape index (κ3) is 21.4. The van der Waals surface area contributed by atoms with Gasteiger partial charge in [-0.05, 0) is 88.3 Å². The maximum Gasteiger partial charge on any atom is 0.355 e. The minimum absolute atomic E-state index is 0.0615. The van der Waals surface area contributed by atoms with Gasteiger partial charge in [0.25, 0.3) is 0 Å². The second-order valence-electron chi connectivity index (χ2n) is 15.3. The van der Waals surface area contributed by atoms with Gasteiger partial charge in [0.2, 0.25) is 0 Å². The number of oxime groups is 3. The molecule has 2 aromatic heterocycles. The second-order valence-corrected chi connectivity index (χ2v) is 15.3. The van der Waals surface area contributed by atoms with Crippen LogP contribution in [0.2, 0.25) is 0 Å². The summed E-state index contributed by atoms with van der Waals surface area (Å²) in [7, 11) is 0. The van der Waals surface area contributed by atoms with Gasteiger partial charge in [0.05, 0.1) is 29.5 Å². The lowest BCUT2D eigenvalue weighted by molar-refractivity contribution is 0.247. The van der Waals surface area contributed by atoms with Crippen molar-refractivity contribution in [2.24, 2.45) is 15.5 Å². The zero-order valence-corrected chi connectivity index (χ0v) is 33.3. The molecule has 0 atom stereocenters. The summed E-state index contributed by atoms with van der Waals surface area (Å²) in [5.74, 6) is 0. The Bertz CT molecular complexity index is 1110. The molecule has 3 aliphatic rings. The van der Waals surface area contributed by atoms with Crippen LogP contribution >= 0.6 is 0 Å². The highest BCUT2D eigenvalue weighted by molar-refractivity contribution is 5.84. The number of hydrogen-bond donors (Lipinski definition) is 0. The van der Waals surface area contributed by atoms with Crippen LogP contribution in [0, 0.1) is 0 Å². The third-order valence-corrected chi connectivity index (χ3v) is 10.5. The van der Waals surface area contributed by atoms with Gasteiger partial charge in [0.1, 0.15) is 0 Å². The molecule has 0 amide bonds. The number of rotatable bonds is 6. The zero-order valence-electron chi connectivity index (χ0n) is 33.3. The van der Waals surface area contributed by atoms with Crippen LogP contribution in [0.1, 0.15) is 212 Å². The van der Waals surface area contributed by atoms with E-state index in [1.165, 1.54) is 135 Å². The highest BCUT2D eigenvalue weighted by Gasteiger charge is 2.14. The van der Waals surface area contributed by atoms with Crippen LogP contribution in [0.25, 0.3) is 0 Å². The second kappa shape index (κ2) is 29.7. The van der Waals surface area contributed by atoms with Crippen LogP contribution in [0.15, 0.2) is 33.9 Å². The third-order valence-electron chi connectivity index (χ3n) is 10.5. The predicted molar refractivity (Wildman–Crippen MR) is 216 cm³/mol. The van der Waals surface area contributed by atoms with Gasteiger partial charge in [0, 0.05) is 0 Å². The first-order valence-corrected chi connectivity index (χ1v) is 21.9. The molecule has 0 radical (unpaired) electrons. The fourth-order valence-corrected chi connectivity index (χ4v) is 7.30. The van der Waals surface area contributed by atoms with Crippen LogP contribution in [0.5, 0.6) is 18.0 Å². The summed E-state index contributed by atoms with van der Waals surface area (Å²) < 4.78 is 0. The van der Waals surface area contributed by atoms with E-state index in [0.29, 0.717) is 0 Å². The molecule has 0 unspecified atom stereocenters. The molecule has 300 valence electrons. The maximum absolute atomic E-state index is 5.89. The predicted octanol–water partition coefficient (Wildman–Crippen LogP) is 11.9. The van der Waals surface area contributed by atoms with E-state index in [4.69, 9.17) is 14.5 Å². The Morgan fingerprint density at radius 1 is 0.315 bits per heavy atom. The molecule has 2 heterocycles. The molecule has 54 heavy (non-hydrogen) atoms. The summed E-state index contributed by atoms with van der Waals surface area (Å²) in [4.78, 5) is 31.1. The minimum atomic E-state index is 0.0615. The standard InChI is InChI=1S/C39H66N6O3.C3H3N3/c1-4-10-16-22-28-34(29-23-17-11-5-1)43-46-37-40-38(47-44-35-30-24-18-12-6-2-7-13-19-25-31-35)42-39(41-37)48-45-36-32-26-20-14-8-3-9-15-21-27-33-36;1-2-4-6-5-3-1/h1-33H2;1-3H. The summed E-state index contributed by atoms with van der Waals surface area (Å²) >= 11 is 0. The van der Waals surface area contributed by atoms with Crippen molar-refractivity contribution in [1.82, 2.24) is 30.4 Å². The highest BCUT2D eigenvalue weighted by atomic mass is 16.7. The van der Waals surface area contributed by atoms with Crippen LogP contribution in [-0.4, -0.2) is 47.5 Å². The van der Waals surface area contributed by atoms with Crippen molar-refractivity contribution in [3.8, 4) is 18.0 Å². The van der Waals surface area contributed by atoms with E-state index >= 15 is 0 Å². The van der Waals surface area contributed by atoms with E-state index in [2.05, 4.69) is 45.8 Å². The summed E-state index contributed by atoms with van der Waals surface area (Å²) in [6.45, 7) is 0. The first kappa shape index (κ1) is 43.2. The molecule has 0 spiro atoms. The molecule has 12 nitrogen and oxygen atoms in total. The Kier molecular flexibility index (Phi) is 23.8. The fraction of sp³-hybridized carbons (Fsp3) is 0.786. The number of hydrogen-bond acceptors (Lipinski definition) is 12. The average Bonchev–Trinajstić information content (AvgIpc) is 3.18. The summed E-state index contributed by atoms with van der Waals surface area (Å²) in [5.41, 5.74) is 3.22. The quantitative estimate of drug-likeness (QED) is 0.264.